The van der Waals surface area contributed by atoms with Crippen molar-refractivity contribution in [1.29, 1.82) is 0 Å². The maximum absolute atomic E-state index is 12.0. The van der Waals surface area contributed by atoms with E-state index in [1.54, 1.807) is 17.4 Å². The predicted molar refractivity (Wildman–Crippen MR) is 76.3 cm³/mol. The zero-order chi connectivity index (χ0) is 13.8. The van der Waals surface area contributed by atoms with Gasteiger partial charge in [0.15, 0.2) is 0 Å². The Morgan fingerprint density at radius 3 is 2.89 bits per heavy atom. The fraction of sp³-hybridized carbons (Fsp3) is 0.357. The number of nitrogens with one attached hydrogen (secondary N) is 1. The van der Waals surface area contributed by atoms with Crippen LogP contribution in [0.25, 0.3) is 0 Å². The van der Waals surface area contributed by atoms with Crippen LogP contribution in [-0.4, -0.2) is 11.9 Å². The van der Waals surface area contributed by atoms with E-state index in [1.165, 1.54) is 16.0 Å². The standard InChI is InChI=1S/C14H18N2O2S/c1-9(5-13-4-3-10(2)19-13)16-14(17)11-6-12(7-15)18-8-11/h3-4,6,8-9H,5,7,15H2,1-2H3,(H,16,17). The third kappa shape index (κ3) is 3.68. The first-order valence-corrected chi connectivity index (χ1v) is 7.04. The number of amides is 1. The first-order valence-electron chi connectivity index (χ1n) is 6.22. The highest BCUT2D eigenvalue weighted by Crippen LogP contribution is 2.17. The van der Waals surface area contributed by atoms with E-state index in [0.717, 1.165) is 6.42 Å². The summed E-state index contributed by atoms with van der Waals surface area (Å²) in [5, 5.41) is 2.96. The van der Waals surface area contributed by atoms with E-state index in [2.05, 4.69) is 24.4 Å². The first kappa shape index (κ1) is 13.8. The molecular weight excluding hydrogens is 260 g/mol. The number of rotatable bonds is 5. The van der Waals surface area contributed by atoms with Crippen molar-refractivity contribution in [2.45, 2.75) is 32.9 Å². The number of thiophene rings is 1. The molecule has 2 rings (SSSR count). The Hall–Kier alpha value is -1.59. The van der Waals surface area contributed by atoms with Gasteiger partial charge in [0.2, 0.25) is 0 Å². The van der Waals surface area contributed by atoms with Crippen LogP contribution in [0.1, 0.15) is 32.8 Å². The zero-order valence-corrected chi connectivity index (χ0v) is 11.9. The Morgan fingerprint density at radius 1 is 1.53 bits per heavy atom. The van der Waals surface area contributed by atoms with Gasteiger partial charge in [-0.1, -0.05) is 0 Å². The lowest BCUT2D eigenvalue weighted by molar-refractivity contribution is 0.0939. The van der Waals surface area contributed by atoms with Gasteiger partial charge in [0, 0.05) is 22.2 Å². The molecule has 5 heteroatoms. The van der Waals surface area contributed by atoms with Crippen LogP contribution in [0.3, 0.4) is 0 Å². The molecule has 1 amide bonds. The lowest BCUT2D eigenvalue weighted by Crippen LogP contribution is -2.33. The molecule has 0 radical (unpaired) electrons. The van der Waals surface area contributed by atoms with E-state index in [9.17, 15) is 4.79 Å². The summed E-state index contributed by atoms with van der Waals surface area (Å²) in [4.78, 5) is 14.5. The molecule has 3 N–H and O–H groups in total. The molecule has 0 aliphatic rings. The van der Waals surface area contributed by atoms with Crippen molar-refractivity contribution in [3.05, 3.63) is 45.5 Å². The van der Waals surface area contributed by atoms with E-state index in [-0.39, 0.29) is 11.9 Å². The molecule has 19 heavy (non-hydrogen) atoms. The molecule has 2 aromatic heterocycles. The molecule has 0 spiro atoms. The van der Waals surface area contributed by atoms with Gasteiger partial charge in [-0.3, -0.25) is 4.79 Å². The van der Waals surface area contributed by atoms with Crippen LogP contribution < -0.4 is 11.1 Å². The molecule has 1 atom stereocenters. The van der Waals surface area contributed by atoms with Gasteiger partial charge in [-0.2, -0.15) is 0 Å². The lowest BCUT2D eigenvalue weighted by atomic mass is 10.2. The van der Waals surface area contributed by atoms with Gasteiger partial charge in [-0.25, -0.2) is 0 Å². The van der Waals surface area contributed by atoms with E-state index in [0.29, 0.717) is 17.9 Å². The second-order valence-corrected chi connectivity index (χ2v) is 5.97. The molecule has 0 aliphatic heterocycles. The van der Waals surface area contributed by atoms with Gasteiger partial charge in [-0.05, 0) is 32.0 Å². The number of hydrogen-bond acceptors (Lipinski definition) is 4. The quantitative estimate of drug-likeness (QED) is 0.882. The van der Waals surface area contributed by atoms with Crippen molar-refractivity contribution in [3.63, 3.8) is 0 Å². The van der Waals surface area contributed by atoms with E-state index >= 15 is 0 Å². The van der Waals surface area contributed by atoms with Gasteiger partial charge in [0.05, 0.1) is 12.1 Å². The number of nitrogens with two attached hydrogens (primary N) is 1. The van der Waals surface area contributed by atoms with Gasteiger partial charge in [0.1, 0.15) is 12.0 Å². The third-order valence-corrected chi connectivity index (χ3v) is 3.82. The average molecular weight is 278 g/mol. The first-order chi connectivity index (χ1) is 9.08. The van der Waals surface area contributed by atoms with Gasteiger partial charge in [-0.15, -0.1) is 11.3 Å². The highest BCUT2D eigenvalue weighted by Gasteiger charge is 2.13. The van der Waals surface area contributed by atoms with Crippen LogP contribution in [-0.2, 0) is 13.0 Å². The van der Waals surface area contributed by atoms with Crippen molar-refractivity contribution in [3.8, 4) is 0 Å². The number of hydrogen-bond donors (Lipinski definition) is 2. The molecule has 0 aromatic carbocycles. The Morgan fingerprint density at radius 2 is 2.32 bits per heavy atom. The average Bonchev–Trinajstić information content (AvgIpc) is 2.98. The number of carbonyl (C=O) groups excluding carboxylic acids is 1. The Kier molecular flexibility index (Phi) is 4.39. The molecule has 1 unspecified atom stereocenters. The molecular formula is C14H18N2O2S. The van der Waals surface area contributed by atoms with E-state index in [1.807, 2.05) is 6.92 Å². The van der Waals surface area contributed by atoms with Crippen molar-refractivity contribution in [1.82, 2.24) is 5.32 Å². The summed E-state index contributed by atoms with van der Waals surface area (Å²) in [5.41, 5.74) is 5.97. The van der Waals surface area contributed by atoms with Crippen LogP contribution in [0.2, 0.25) is 0 Å². The lowest BCUT2D eigenvalue weighted by Gasteiger charge is -2.11. The molecule has 0 saturated carbocycles. The molecule has 2 aromatic rings. The third-order valence-electron chi connectivity index (χ3n) is 2.80. The van der Waals surface area contributed by atoms with Gasteiger partial charge < -0.3 is 15.5 Å². The summed E-state index contributed by atoms with van der Waals surface area (Å²) < 4.78 is 5.15. The molecule has 2 heterocycles. The monoisotopic (exact) mass is 278 g/mol. The van der Waals surface area contributed by atoms with Crippen LogP contribution in [0.5, 0.6) is 0 Å². The van der Waals surface area contributed by atoms with Crippen LogP contribution in [0.15, 0.2) is 28.9 Å². The molecule has 102 valence electrons. The van der Waals surface area contributed by atoms with E-state index in [4.69, 9.17) is 10.2 Å². The van der Waals surface area contributed by atoms with Gasteiger partial charge in [0.25, 0.3) is 5.91 Å². The number of carbonyl (C=O) groups is 1. The molecule has 0 saturated heterocycles. The summed E-state index contributed by atoms with van der Waals surface area (Å²) in [7, 11) is 0. The maximum Gasteiger partial charge on any atom is 0.254 e. The molecule has 0 fully saturated rings. The molecule has 4 nitrogen and oxygen atoms in total. The van der Waals surface area contributed by atoms with Crippen molar-refractivity contribution in [2.24, 2.45) is 5.73 Å². The highest BCUT2D eigenvalue weighted by atomic mass is 32.1. The minimum atomic E-state index is -0.121. The minimum absolute atomic E-state index is 0.0850. The second kappa shape index (κ2) is 6.04. The fourth-order valence-electron chi connectivity index (χ4n) is 1.86. The molecule has 0 aliphatic carbocycles. The summed E-state index contributed by atoms with van der Waals surface area (Å²) >= 11 is 1.76. The smallest absolute Gasteiger partial charge is 0.254 e. The number of furan rings is 1. The summed E-state index contributed by atoms with van der Waals surface area (Å²) in [5.74, 6) is 0.496. The largest absolute Gasteiger partial charge is 0.467 e. The Labute approximate surface area is 116 Å². The maximum atomic E-state index is 12.0. The Balaban J connectivity index is 1.91. The normalized spacial score (nSPS) is 12.4. The van der Waals surface area contributed by atoms with Gasteiger partial charge >= 0.3 is 0 Å². The van der Waals surface area contributed by atoms with Crippen molar-refractivity contribution >= 4 is 17.2 Å². The highest BCUT2D eigenvalue weighted by molar-refractivity contribution is 7.11. The summed E-state index contributed by atoms with van der Waals surface area (Å²) in [6, 6.07) is 5.96. The SMILES string of the molecule is Cc1ccc(CC(C)NC(=O)c2coc(CN)c2)s1. The fourth-order valence-corrected chi connectivity index (χ4v) is 2.88. The second-order valence-electron chi connectivity index (χ2n) is 4.60. The van der Waals surface area contributed by atoms with E-state index < -0.39 is 0 Å². The molecule has 0 bridgehead atoms. The predicted octanol–water partition coefficient (Wildman–Crippen LogP) is 2.47. The van der Waals surface area contributed by atoms with Crippen molar-refractivity contribution in [2.75, 3.05) is 0 Å². The topological polar surface area (TPSA) is 68.3 Å². The summed E-state index contributed by atoms with van der Waals surface area (Å²) in [6.45, 7) is 4.38. The zero-order valence-electron chi connectivity index (χ0n) is 11.1. The van der Waals surface area contributed by atoms with Crippen LogP contribution >= 0.6 is 11.3 Å². The number of aryl methyl sites for hydroxylation is 1. The summed E-state index contributed by atoms with van der Waals surface area (Å²) in [6.07, 6.45) is 2.28. The van der Waals surface area contributed by atoms with Crippen molar-refractivity contribution < 1.29 is 9.21 Å². The minimum Gasteiger partial charge on any atom is -0.467 e. The Bertz CT molecular complexity index is 559. The van der Waals surface area contributed by atoms with Crippen LogP contribution in [0, 0.1) is 6.92 Å². The van der Waals surface area contributed by atoms with Crippen LogP contribution in [0.4, 0.5) is 0 Å².